The zero-order valence-electron chi connectivity index (χ0n) is 11.4. The van der Waals surface area contributed by atoms with E-state index in [-0.39, 0.29) is 11.2 Å². The lowest BCUT2D eigenvalue weighted by Gasteiger charge is -2.52. The van der Waals surface area contributed by atoms with Gasteiger partial charge in [-0.3, -0.25) is 0 Å². The first kappa shape index (κ1) is 13.5. The summed E-state index contributed by atoms with van der Waals surface area (Å²) in [5, 5.41) is 3.49. The van der Waals surface area contributed by atoms with Gasteiger partial charge >= 0.3 is 0 Å². The molecule has 100 valence electrons. The third kappa shape index (κ3) is 2.73. The fourth-order valence-corrected chi connectivity index (χ4v) is 2.60. The fourth-order valence-electron chi connectivity index (χ4n) is 2.60. The molecule has 0 aliphatic heterocycles. The van der Waals surface area contributed by atoms with Crippen molar-refractivity contribution in [3.8, 4) is 0 Å². The summed E-state index contributed by atoms with van der Waals surface area (Å²) in [6.45, 7) is 7.96. The predicted octanol–water partition coefficient (Wildman–Crippen LogP) is 3.12. The smallest absolute Gasteiger partial charge is 0.123 e. The lowest BCUT2D eigenvalue weighted by atomic mass is 9.64. The summed E-state index contributed by atoms with van der Waals surface area (Å²) in [7, 11) is 0. The third-order valence-corrected chi connectivity index (χ3v) is 3.99. The second-order valence-corrected chi connectivity index (χ2v) is 5.56. The summed E-state index contributed by atoms with van der Waals surface area (Å²) < 4.78 is 18.7. The van der Waals surface area contributed by atoms with Crippen LogP contribution in [0.4, 0.5) is 4.39 Å². The van der Waals surface area contributed by atoms with E-state index in [0.717, 1.165) is 18.6 Å². The van der Waals surface area contributed by atoms with Gasteiger partial charge in [0.25, 0.3) is 0 Å². The minimum Gasteiger partial charge on any atom is -0.378 e. The molecule has 2 nitrogen and oxygen atoms in total. The van der Waals surface area contributed by atoms with Crippen LogP contribution in [0.3, 0.4) is 0 Å². The average molecular weight is 251 g/mol. The molecular weight excluding hydrogens is 229 g/mol. The van der Waals surface area contributed by atoms with E-state index in [0.29, 0.717) is 18.7 Å². The van der Waals surface area contributed by atoms with E-state index in [9.17, 15) is 4.39 Å². The maximum atomic E-state index is 13.1. The van der Waals surface area contributed by atoms with Crippen molar-refractivity contribution in [2.45, 2.75) is 45.9 Å². The Hall–Kier alpha value is -0.930. The fraction of sp³-hybridized carbons (Fsp3) is 0.600. The van der Waals surface area contributed by atoms with Crippen molar-refractivity contribution in [3.05, 3.63) is 35.6 Å². The largest absolute Gasteiger partial charge is 0.378 e. The van der Waals surface area contributed by atoms with Crippen LogP contribution in [0.1, 0.15) is 32.8 Å². The number of ether oxygens (including phenoxy) is 1. The molecule has 1 aliphatic carbocycles. The highest BCUT2D eigenvalue weighted by Crippen LogP contribution is 2.42. The summed E-state index contributed by atoms with van der Waals surface area (Å²) in [5.74, 6) is -0.172. The van der Waals surface area contributed by atoms with Gasteiger partial charge in [0, 0.05) is 24.6 Å². The SMILES string of the molecule is CCOC1CC(NCc2cccc(F)c2)C1(C)C. The second kappa shape index (κ2) is 5.37. The zero-order valence-corrected chi connectivity index (χ0v) is 11.4. The van der Waals surface area contributed by atoms with Crippen molar-refractivity contribution >= 4 is 0 Å². The quantitative estimate of drug-likeness (QED) is 0.868. The van der Waals surface area contributed by atoms with Gasteiger partial charge in [0.2, 0.25) is 0 Å². The van der Waals surface area contributed by atoms with Crippen LogP contribution >= 0.6 is 0 Å². The van der Waals surface area contributed by atoms with Crippen LogP contribution in [0.15, 0.2) is 24.3 Å². The standard InChI is InChI=1S/C15H22FNO/c1-4-18-14-9-13(15(14,2)3)17-10-11-6-5-7-12(16)8-11/h5-8,13-14,17H,4,9-10H2,1-3H3. The van der Waals surface area contributed by atoms with Gasteiger partial charge in [-0.25, -0.2) is 4.39 Å². The number of hydrogen-bond donors (Lipinski definition) is 1. The van der Waals surface area contributed by atoms with Gasteiger partial charge in [-0.2, -0.15) is 0 Å². The Kier molecular flexibility index (Phi) is 4.03. The molecule has 0 amide bonds. The minimum atomic E-state index is -0.172. The molecule has 0 aromatic heterocycles. The normalized spacial score (nSPS) is 25.8. The number of hydrogen-bond acceptors (Lipinski definition) is 2. The number of halogens is 1. The highest BCUT2D eigenvalue weighted by atomic mass is 19.1. The molecule has 1 fully saturated rings. The molecule has 1 aromatic carbocycles. The molecule has 0 radical (unpaired) electrons. The first-order valence-electron chi connectivity index (χ1n) is 6.63. The molecule has 3 heteroatoms. The first-order valence-corrected chi connectivity index (χ1v) is 6.63. The lowest BCUT2D eigenvalue weighted by molar-refractivity contribution is -0.114. The summed E-state index contributed by atoms with van der Waals surface area (Å²) in [6, 6.07) is 7.20. The summed E-state index contributed by atoms with van der Waals surface area (Å²) in [5.41, 5.74) is 1.15. The number of benzene rings is 1. The number of nitrogens with one attached hydrogen (secondary N) is 1. The monoisotopic (exact) mass is 251 g/mol. The van der Waals surface area contributed by atoms with E-state index in [1.54, 1.807) is 12.1 Å². The van der Waals surface area contributed by atoms with Gasteiger partial charge in [-0.05, 0) is 31.0 Å². The van der Waals surface area contributed by atoms with Gasteiger partial charge in [0.1, 0.15) is 5.82 Å². The highest BCUT2D eigenvalue weighted by molar-refractivity contribution is 5.16. The highest BCUT2D eigenvalue weighted by Gasteiger charge is 2.48. The molecule has 2 atom stereocenters. The van der Waals surface area contributed by atoms with Crippen LogP contribution < -0.4 is 5.32 Å². The van der Waals surface area contributed by atoms with Crippen molar-refractivity contribution in [2.24, 2.45) is 5.41 Å². The zero-order chi connectivity index (χ0) is 13.2. The third-order valence-electron chi connectivity index (χ3n) is 3.99. The Morgan fingerprint density at radius 1 is 1.44 bits per heavy atom. The van der Waals surface area contributed by atoms with Crippen molar-refractivity contribution < 1.29 is 9.13 Å². The summed E-state index contributed by atoms with van der Waals surface area (Å²) >= 11 is 0. The number of rotatable bonds is 5. The molecule has 0 heterocycles. The Balaban J connectivity index is 1.85. The molecule has 0 saturated heterocycles. The second-order valence-electron chi connectivity index (χ2n) is 5.56. The van der Waals surface area contributed by atoms with E-state index in [4.69, 9.17) is 4.74 Å². The topological polar surface area (TPSA) is 21.3 Å². The maximum absolute atomic E-state index is 13.1. The average Bonchev–Trinajstić information content (AvgIpc) is 2.33. The van der Waals surface area contributed by atoms with E-state index >= 15 is 0 Å². The molecule has 2 unspecified atom stereocenters. The van der Waals surface area contributed by atoms with Gasteiger partial charge in [0.15, 0.2) is 0 Å². The van der Waals surface area contributed by atoms with E-state index in [1.165, 1.54) is 6.07 Å². The molecule has 0 spiro atoms. The van der Waals surface area contributed by atoms with Crippen molar-refractivity contribution in [1.82, 2.24) is 5.32 Å². The molecular formula is C15H22FNO. The Morgan fingerprint density at radius 3 is 2.83 bits per heavy atom. The molecule has 18 heavy (non-hydrogen) atoms. The van der Waals surface area contributed by atoms with Gasteiger partial charge in [-0.15, -0.1) is 0 Å². The molecule has 1 aromatic rings. The van der Waals surface area contributed by atoms with Crippen LogP contribution in [0.5, 0.6) is 0 Å². The predicted molar refractivity (Wildman–Crippen MR) is 70.8 cm³/mol. The van der Waals surface area contributed by atoms with E-state index in [2.05, 4.69) is 19.2 Å². The maximum Gasteiger partial charge on any atom is 0.123 e. The minimum absolute atomic E-state index is 0.156. The van der Waals surface area contributed by atoms with Crippen LogP contribution in [-0.2, 0) is 11.3 Å². The van der Waals surface area contributed by atoms with Crippen LogP contribution in [-0.4, -0.2) is 18.8 Å². The Bertz CT molecular complexity index is 405. The molecule has 0 bridgehead atoms. The van der Waals surface area contributed by atoms with Crippen molar-refractivity contribution in [1.29, 1.82) is 0 Å². The molecule has 1 N–H and O–H groups in total. The molecule has 1 saturated carbocycles. The van der Waals surface area contributed by atoms with Crippen molar-refractivity contribution in [2.75, 3.05) is 6.61 Å². The summed E-state index contributed by atoms with van der Waals surface area (Å²) in [6.07, 6.45) is 1.38. The van der Waals surface area contributed by atoms with E-state index in [1.807, 2.05) is 13.0 Å². The van der Waals surface area contributed by atoms with E-state index < -0.39 is 0 Å². The lowest BCUT2D eigenvalue weighted by Crippen LogP contribution is -2.60. The van der Waals surface area contributed by atoms with Gasteiger partial charge in [0.05, 0.1) is 6.10 Å². The van der Waals surface area contributed by atoms with Gasteiger partial charge in [-0.1, -0.05) is 26.0 Å². The van der Waals surface area contributed by atoms with Crippen LogP contribution in [0.25, 0.3) is 0 Å². The van der Waals surface area contributed by atoms with Gasteiger partial charge < -0.3 is 10.1 Å². The van der Waals surface area contributed by atoms with Crippen LogP contribution in [0, 0.1) is 11.2 Å². The Morgan fingerprint density at radius 2 is 2.22 bits per heavy atom. The Labute approximate surface area is 109 Å². The summed E-state index contributed by atoms with van der Waals surface area (Å²) in [4.78, 5) is 0. The first-order chi connectivity index (χ1) is 8.54. The molecule has 1 aliphatic rings. The molecule has 2 rings (SSSR count). The van der Waals surface area contributed by atoms with Crippen molar-refractivity contribution in [3.63, 3.8) is 0 Å². The van der Waals surface area contributed by atoms with Crippen LogP contribution in [0.2, 0.25) is 0 Å².